The van der Waals surface area contributed by atoms with Crippen molar-refractivity contribution in [3.63, 3.8) is 0 Å². The number of rotatable bonds is 2. The Hall–Kier alpha value is -2.22. The number of nitro groups is 1. The molecule has 0 saturated carbocycles. The Morgan fingerprint density at radius 1 is 1.35 bits per heavy atom. The predicted molar refractivity (Wildman–Crippen MR) is 61.0 cm³/mol. The van der Waals surface area contributed by atoms with Crippen LogP contribution in [0, 0.1) is 10.1 Å². The van der Waals surface area contributed by atoms with Gasteiger partial charge in [-0.15, -0.1) is 0 Å². The van der Waals surface area contributed by atoms with Gasteiger partial charge in [-0.2, -0.15) is 0 Å². The Balaban J connectivity index is 2.58. The normalized spacial score (nSPS) is 18.1. The molecular formula is C9H6N2O5S. The monoisotopic (exact) mass is 254 g/mol. The van der Waals surface area contributed by atoms with Gasteiger partial charge < -0.3 is 10.2 Å². The van der Waals surface area contributed by atoms with Crippen molar-refractivity contribution in [2.75, 3.05) is 0 Å². The second-order valence-corrected chi connectivity index (χ2v) is 4.29. The maximum absolute atomic E-state index is 11.0. The molecule has 88 valence electrons. The summed E-state index contributed by atoms with van der Waals surface area (Å²) in [6, 6.07) is 2.18. The lowest BCUT2D eigenvalue weighted by molar-refractivity contribution is -0.386. The number of phenols is 2. The van der Waals surface area contributed by atoms with Crippen LogP contribution >= 0.6 is 0 Å². The van der Waals surface area contributed by atoms with E-state index in [0.29, 0.717) is 0 Å². The first-order valence-electron chi connectivity index (χ1n) is 4.35. The Labute approximate surface area is 97.3 Å². The van der Waals surface area contributed by atoms with Gasteiger partial charge in [0.1, 0.15) is 0 Å². The van der Waals surface area contributed by atoms with Gasteiger partial charge in [0.2, 0.25) is 5.75 Å². The fourth-order valence-electron chi connectivity index (χ4n) is 1.31. The third-order valence-electron chi connectivity index (χ3n) is 2.09. The summed E-state index contributed by atoms with van der Waals surface area (Å²) in [4.78, 5) is 13.6. The standard InChI is InChI=1S/C9H6N2O5S/c12-8-2-5(6-3-17(16)4-10-6)1-7(9(8)13)11(14)15/h1-4,12-13H. The largest absolute Gasteiger partial charge is 0.504 e. The molecule has 0 bridgehead atoms. The second-order valence-electron chi connectivity index (χ2n) is 3.19. The zero-order valence-electron chi connectivity index (χ0n) is 8.23. The SMILES string of the molecule is O=[N+]([O-])c1cc(C2=CS(=O)C=N2)cc(O)c1O. The molecule has 0 spiro atoms. The first-order valence-corrected chi connectivity index (χ1v) is 5.63. The zero-order valence-corrected chi connectivity index (χ0v) is 9.05. The van der Waals surface area contributed by atoms with Gasteiger partial charge in [-0.05, 0) is 6.07 Å². The van der Waals surface area contributed by atoms with Crippen LogP contribution in [-0.2, 0) is 10.8 Å². The van der Waals surface area contributed by atoms with Crippen molar-refractivity contribution in [3.05, 3.63) is 33.2 Å². The van der Waals surface area contributed by atoms with Crippen molar-refractivity contribution < 1.29 is 19.3 Å². The van der Waals surface area contributed by atoms with Crippen LogP contribution in [0.25, 0.3) is 5.70 Å². The van der Waals surface area contributed by atoms with E-state index >= 15 is 0 Å². The first-order chi connectivity index (χ1) is 7.99. The smallest absolute Gasteiger partial charge is 0.315 e. The minimum absolute atomic E-state index is 0.217. The molecule has 0 aromatic heterocycles. The van der Waals surface area contributed by atoms with E-state index in [1.54, 1.807) is 0 Å². The van der Waals surface area contributed by atoms with Gasteiger partial charge in [-0.3, -0.25) is 10.1 Å². The Morgan fingerprint density at radius 2 is 2.06 bits per heavy atom. The molecule has 1 aromatic rings. The van der Waals surface area contributed by atoms with Crippen LogP contribution in [0.3, 0.4) is 0 Å². The van der Waals surface area contributed by atoms with Crippen molar-refractivity contribution >= 4 is 27.7 Å². The molecule has 17 heavy (non-hydrogen) atoms. The molecule has 0 radical (unpaired) electrons. The molecule has 1 atom stereocenters. The van der Waals surface area contributed by atoms with Crippen molar-refractivity contribution in [3.8, 4) is 11.5 Å². The lowest BCUT2D eigenvalue weighted by Gasteiger charge is -2.03. The Kier molecular flexibility index (Phi) is 2.64. The van der Waals surface area contributed by atoms with Gasteiger partial charge in [-0.25, -0.2) is 9.20 Å². The van der Waals surface area contributed by atoms with Gasteiger partial charge in [0.15, 0.2) is 5.75 Å². The highest BCUT2D eigenvalue weighted by Crippen LogP contribution is 2.38. The molecule has 0 fully saturated rings. The Morgan fingerprint density at radius 3 is 2.59 bits per heavy atom. The average molecular weight is 254 g/mol. The van der Waals surface area contributed by atoms with Gasteiger partial charge >= 0.3 is 5.69 Å². The lowest BCUT2D eigenvalue weighted by Crippen LogP contribution is -1.91. The minimum atomic E-state index is -1.35. The summed E-state index contributed by atoms with van der Waals surface area (Å²) in [5.74, 6) is -1.43. The molecular weight excluding hydrogens is 248 g/mol. The molecule has 7 nitrogen and oxygen atoms in total. The second kappa shape index (κ2) is 3.98. The van der Waals surface area contributed by atoms with E-state index in [2.05, 4.69) is 4.99 Å². The predicted octanol–water partition coefficient (Wildman–Crippen LogP) is 1.09. The lowest BCUT2D eigenvalue weighted by atomic mass is 10.1. The maximum Gasteiger partial charge on any atom is 0.315 e. The number of hydrogen-bond acceptors (Lipinski definition) is 6. The summed E-state index contributed by atoms with van der Waals surface area (Å²) in [6.45, 7) is 0. The fourth-order valence-corrected chi connectivity index (χ4v) is 2.01. The Bertz CT molecular complexity index is 593. The van der Waals surface area contributed by atoms with E-state index in [1.165, 1.54) is 11.0 Å². The third kappa shape index (κ3) is 2.02. The van der Waals surface area contributed by atoms with E-state index in [4.69, 9.17) is 0 Å². The molecule has 1 aromatic carbocycles. The summed E-state index contributed by atoms with van der Waals surface area (Å²) in [7, 11) is -1.35. The quantitative estimate of drug-likeness (QED) is 0.466. The summed E-state index contributed by atoms with van der Waals surface area (Å²) >= 11 is 0. The van der Waals surface area contributed by atoms with Crippen LogP contribution in [0.5, 0.6) is 11.5 Å². The molecule has 1 aliphatic rings. The average Bonchev–Trinajstić information content (AvgIpc) is 2.68. The molecule has 0 amide bonds. The van der Waals surface area contributed by atoms with E-state index in [1.807, 2.05) is 0 Å². The summed E-state index contributed by atoms with van der Waals surface area (Å²) in [5.41, 5.74) is 1.01. The highest BCUT2D eigenvalue weighted by Gasteiger charge is 2.21. The van der Waals surface area contributed by atoms with Crippen LogP contribution in [0.15, 0.2) is 22.5 Å². The van der Waals surface area contributed by atoms with Gasteiger partial charge in [0.25, 0.3) is 0 Å². The molecule has 2 N–H and O–H groups in total. The number of nitrogens with zero attached hydrogens (tertiary/aromatic N) is 2. The number of phenolic OH excluding ortho intramolecular Hbond substituents is 2. The van der Waals surface area contributed by atoms with E-state index in [-0.39, 0.29) is 11.3 Å². The topological polar surface area (TPSA) is 113 Å². The zero-order chi connectivity index (χ0) is 12.6. The highest BCUT2D eigenvalue weighted by atomic mass is 32.2. The van der Waals surface area contributed by atoms with Crippen LogP contribution in [-0.4, -0.2) is 24.9 Å². The summed E-state index contributed by atoms with van der Waals surface area (Å²) < 4.78 is 11.0. The first kappa shape index (κ1) is 11.3. The van der Waals surface area contributed by atoms with Crippen LogP contribution < -0.4 is 0 Å². The fraction of sp³-hybridized carbons (Fsp3) is 0. The van der Waals surface area contributed by atoms with Crippen LogP contribution in [0.2, 0.25) is 0 Å². The van der Waals surface area contributed by atoms with E-state index in [9.17, 15) is 24.5 Å². The van der Waals surface area contributed by atoms with E-state index < -0.39 is 32.9 Å². The van der Waals surface area contributed by atoms with Gasteiger partial charge in [-0.1, -0.05) is 0 Å². The molecule has 0 aliphatic carbocycles. The van der Waals surface area contributed by atoms with Crippen molar-refractivity contribution in [2.45, 2.75) is 0 Å². The molecule has 8 heteroatoms. The molecule has 1 unspecified atom stereocenters. The van der Waals surface area contributed by atoms with E-state index in [0.717, 1.165) is 12.1 Å². The summed E-state index contributed by atoms with van der Waals surface area (Å²) in [5, 5.41) is 30.5. The highest BCUT2D eigenvalue weighted by molar-refractivity contribution is 8.01. The molecule has 1 heterocycles. The number of aliphatic imine (C=N–C) groups is 1. The van der Waals surface area contributed by atoms with Crippen LogP contribution in [0.1, 0.15) is 5.56 Å². The number of hydrogen-bond donors (Lipinski definition) is 2. The third-order valence-corrected chi connectivity index (χ3v) is 2.85. The molecule has 2 rings (SSSR count). The summed E-state index contributed by atoms with van der Waals surface area (Å²) in [6.07, 6.45) is 0. The maximum atomic E-state index is 11.0. The minimum Gasteiger partial charge on any atom is -0.504 e. The molecule has 0 saturated heterocycles. The van der Waals surface area contributed by atoms with Crippen molar-refractivity contribution in [1.82, 2.24) is 0 Å². The van der Waals surface area contributed by atoms with Gasteiger partial charge in [0.05, 0.1) is 27.0 Å². The van der Waals surface area contributed by atoms with Crippen molar-refractivity contribution in [2.24, 2.45) is 4.99 Å². The molecule has 1 aliphatic heterocycles. The number of benzene rings is 1. The number of nitro benzene ring substituents is 1. The van der Waals surface area contributed by atoms with Crippen molar-refractivity contribution in [1.29, 1.82) is 0 Å². The number of aromatic hydroxyl groups is 2. The van der Waals surface area contributed by atoms with Gasteiger partial charge in [0, 0.05) is 17.0 Å². The van der Waals surface area contributed by atoms with Crippen LogP contribution in [0.4, 0.5) is 5.69 Å².